The van der Waals surface area contributed by atoms with E-state index >= 15 is 0 Å². The van der Waals surface area contributed by atoms with E-state index in [9.17, 15) is 5.11 Å². The van der Waals surface area contributed by atoms with Crippen LogP contribution in [0.3, 0.4) is 0 Å². The van der Waals surface area contributed by atoms with Crippen molar-refractivity contribution in [1.29, 1.82) is 0 Å². The van der Waals surface area contributed by atoms with Gasteiger partial charge in [0, 0.05) is 29.1 Å². The van der Waals surface area contributed by atoms with Crippen molar-refractivity contribution in [3.8, 4) is 11.1 Å². The molecule has 4 heterocycles. The van der Waals surface area contributed by atoms with Crippen molar-refractivity contribution in [2.45, 2.75) is 19.4 Å². The zero-order valence-electron chi connectivity index (χ0n) is 18.6. The molecule has 0 unspecified atom stereocenters. The molecule has 166 valence electrons. The number of H-pyrrole nitrogens is 1. The lowest BCUT2D eigenvalue weighted by Crippen LogP contribution is -2.31. The van der Waals surface area contributed by atoms with Gasteiger partial charge in [-0.15, -0.1) is 0 Å². The lowest BCUT2D eigenvalue weighted by atomic mass is 9.83. The number of aliphatic hydroxyl groups is 1. The molecule has 0 spiro atoms. The first-order valence-electron chi connectivity index (χ1n) is 11.0. The normalized spacial score (nSPS) is 13.2. The second-order valence-electron chi connectivity index (χ2n) is 8.33. The molecule has 7 heteroatoms. The minimum absolute atomic E-state index is 0.457. The number of aromatic amines is 1. The van der Waals surface area contributed by atoms with Crippen molar-refractivity contribution < 1.29 is 9.63 Å². The van der Waals surface area contributed by atoms with E-state index in [2.05, 4.69) is 20.1 Å². The summed E-state index contributed by atoms with van der Waals surface area (Å²) in [5.74, 6) is 1.44. The second kappa shape index (κ2) is 7.60. The van der Waals surface area contributed by atoms with Gasteiger partial charge in [0.05, 0.1) is 28.1 Å². The van der Waals surface area contributed by atoms with Crippen molar-refractivity contribution in [2.75, 3.05) is 0 Å². The number of allylic oxidation sites excluding steroid dienone is 4. The molecule has 2 N–H and O–H groups in total. The van der Waals surface area contributed by atoms with Crippen molar-refractivity contribution in [1.82, 2.24) is 25.1 Å². The summed E-state index contributed by atoms with van der Waals surface area (Å²) in [6.07, 6.45) is 9.29. The predicted octanol–water partition coefficient (Wildman–Crippen LogP) is 4.86. The Hall–Kier alpha value is -4.36. The monoisotopic (exact) mass is 447 g/mol. The molecule has 1 aliphatic rings. The van der Waals surface area contributed by atoms with E-state index in [1.807, 2.05) is 68.5 Å². The molecule has 0 amide bonds. The average Bonchev–Trinajstić information content (AvgIpc) is 3.40. The van der Waals surface area contributed by atoms with Gasteiger partial charge in [0.25, 0.3) is 0 Å². The number of benzene rings is 1. The van der Waals surface area contributed by atoms with Gasteiger partial charge in [0.15, 0.2) is 5.60 Å². The maximum Gasteiger partial charge on any atom is 0.176 e. The molecule has 4 aromatic heterocycles. The Labute approximate surface area is 195 Å². The lowest BCUT2D eigenvalue weighted by molar-refractivity contribution is 0.117. The van der Waals surface area contributed by atoms with Crippen LogP contribution in [0.5, 0.6) is 0 Å². The highest BCUT2D eigenvalue weighted by atomic mass is 16.5. The number of pyridine rings is 2. The van der Waals surface area contributed by atoms with Gasteiger partial charge in [-0.25, -0.2) is 4.98 Å². The number of hydrogen-bond acceptors (Lipinski definition) is 6. The average molecular weight is 447 g/mol. The fraction of sp³-hybridized carbons (Fsp3) is 0.111. The van der Waals surface area contributed by atoms with E-state index in [1.54, 1.807) is 24.5 Å². The third kappa shape index (κ3) is 3.02. The summed E-state index contributed by atoms with van der Waals surface area (Å²) in [6, 6.07) is 14.9. The maximum atomic E-state index is 12.5. The molecule has 34 heavy (non-hydrogen) atoms. The summed E-state index contributed by atoms with van der Waals surface area (Å²) >= 11 is 0. The fourth-order valence-corrected chi connectivity index (χ4v) is 4.48. The van der Waals surface area contributed by atoms with Gasteiger partial charge >= 0.3 is 0 Å². The van der Waals surface area contributed by atoms with E-state index in [1.165, 1.54) is 0 Å². The minimum atomic E-state index is -1.65. The second-order valence-corrected chi connectivity index (χ2v) is 8.33. The Morgan fingerprint density at radius 2 is 1.68 bits per heavy atom. The molecule has 0 radical (unpaired) electrons. The maximum absolute atomic E-state index is 12.5. The molecule has 0 saturated carbocycles. The van der Waals surface area contributed by atoms with E-state index in [4.69, 9.17) is 9.51 Å². The van der Waals surface area contributed by atoms with Gasteiger partial charge in [-0.3, -0.25) is 9.97 Å². The quantitative estimate of drug-likeness (QED) is 0.399. The van der Waals surface area contributed by atoms with E-state index in [0.717, 1.165) is 33.7 Å². The molecule has 5 aromatic rings. The van der Waals surface area contributed by atoms with Crippen molar-refractivity contribution in [2.24, 2.45) is 0 Å². The molecule has 6 rings (SSSR count). The summed E-state index contributed by atoms with van der Waals surface area (Å²) in [5, 5.41) is 16.6. The van der Waals surface area contributed by atoms with Crippen LogP contribution in [-0.2, 0) is 5.60 Å². The third-order valence-corrected chi connectivity index (χ3v) is 6.19. The zero-order chi connectivity index (χ0) is 23.3. The number of fused-ring (bicyclic) bond motifs is 1. The number of imidazole rings is 1. The van der Waals surface area contributed by atoms with Crippen LogP contribution < -0.4 is 0 Å². The van der Waals surface area contributed by atoms with E-state index in [0.29, 0.717) is 28.2 Å². The van der Waals surface area contributed by atoms with Crippen LogP contribution >= 0.6 is 0 Å². The highest BCUT2D eigenvalue weighted by Crippen LogP contribution is 2.41. The van der Waals surface area contributed by atoms with Crippen LogP contribution in [0.15, 0.2) is 83.7 Å². The molecule has 0 saturated heterocycles. The van der Waals surface area contributed by atoms with E-state index < -0.39 is 5.60 Å². The predicted molar refractivity (Wildman–Crippen MR) is 129 cm³/mol. The standard InChI is InChI=1S/C27H21N5O2/c1-16-24(17(2)34-32-16)19-14-20(25-21(15-19)30-26(31-25)18-8-7-9-18)27(33,22-10-3-5-12-28-22)23-11-4-6-13-29-23/h3-15,33H,1-2H3,(H,30,31). The summed E-state index contributed by atoms with van der Waals surface area (Å²) < 4.78 is 5.45. The first-order valence-corrected chi connectivity index (χ1v) is 11.0. The van der Waals surface area contributed by atoms with Crippen LogP contribution in [0.2, 0.25) is 0 Å². The summed E-state index contributed by atoms with van der Waals surface area (Å²) in [4.78, 5) is 17.4. The summed E-state index contributed by atoms with van der Waals surface area (Å²) in [7, 11) is 0. The number of nitrogens with one attached hydrogen (secondary N) is 1. The number of nitrogens with zero attached hydrogens (tertiary/aromatic N) is 4. The molecule has 7 nitrogen and oxygen atoms in total. The number of hydrogen-bond donors (Lipinski definition) is 2. The van der Waals surface area contributed by atoms with Crippen LogP contribution in [0.1, 0.15) is 34.2 Å². The van der Waals surface area contributed by atoms with Crippen LogP contribution in [0.4, 0.5) is 0 Å². The first-order chi connectivity index (χ1) is 16.6. The van der Waals surface area contributed by atoms with Crippen molar-refractivity contribution in [3.63, 3.8) is 0 Å². The Morgan fingerprint density at radius 1 is 0.971 bits per heavy atom. The Balaban J connectivity index is 1.71. The summed E-state index contributed by atoms with van der Waals surface area (Å²) in [5.41, 5.74) is 4.78. The number of aryl methyl sites for hydroxylation is 2. The highest BCUT2D eigenvalue weighted by Gasteiger charge is 2.39. The van der Waals surface area contributed by atoms with Gasteiger partial charge in [0.1, 0.15) is 11.6 Å². The molecular formula is C27H21N5O2. The molecule has 0 aliphatic heterocycles. The molecule has 0 atom stereocenters. The van der Waals surface area contributed by atoms with Crippen molar-refractivity contribution >= 4 is 16.6 Å². The van der Waals surface area contributed by atoms with Crippen molar-refractivity contribution in [3.05, 3.63) is 113 Å². The van der Waals surface area contributed by atoms with Gasteiger partial charge in [-0.1, -0.05) is 35.5 Å². The van der Waals surface area contributed by atoms with Crippen LogP contribution in [0.25, 0.3) is 27.7 Å². The van der Waals surface area contributed by atoms with Gasteiger partial charge in [0.2, 0.25) is 0 Å². The van der Waals surface area contributed by atoms with Crippen LogP contribution in [-0.4, -0.2) is 30.2 Å². The minimum Gasteiger partial charge on any atom is -0.373 e. The lowest BCUT2D eigenvalue weighted by Gasteiger charge is -2.28. The SMILES string of the molecule is Cc1noc(C)c1-c1cc(C(O)(c2ccccn2)c2ccccn2)c2nc(C3=CC=C3)[nH]c2c1. The molecule has 1 aromatic carbocycles. The third-order valence-electron chi connectivity index (χ3n) is 6.19. The zero-order valence-corrected chi connectivity index (χ0v) is 18.6. The molecular weight excluding hydrogens is 426 g/mol. The molecule has 1 aliphatic carbocycles. The number of aromatic nitrogens is 5. The Kier molecular flexibility index (Phi) is 4.53. The topological polar surface area (TPSA) is 101 Å². The van der Waals surface area contributed by atoms with Crippen LogP contribution in [0, 0.1) is 13.8 Å². The van der Waals surface area contributed by atoms with E-state index in [-0.39, 0.29) is 0 Å². The largest absolute Gasteiger partial charge is 0.373 e. The molecule has 0 bridgehead atoms. The van der Waals surface area contributed by atoms with Gasteiger partial charge in [-0.05, 0) is 55.8 Å². The van der Waals surface area contributed by atoms with Gasteiger partial charge < -0.3 is 14.6 Å². The summed E-state index contributed by atoms with van der Waals surface area (Å²) in [6.45, 7) is 3.78. The fourth-order valence-electron chi connectivity index (χ4n) is 4.48. The van der Waals surface area contributed by atoms with Gasteiger partial charge in [-0.2, -0.15) is 0 Å². The highest BCUT2D eigenvalue weighted by molar-refractivity contribution is 5.91. The Morgan fingerprint density at radius 3 is 2.21 bits per heavy atom. The first kappa shape index (κ1) is 20.3. The smallest absolute Gasteiger partial charge is 0.176 e. The number of rotatable bonds is 5. The Bertz CT molecular complexity index is 1520. The molecule has 0 fully saturated rings.